The molecule has 9 heteroatoms. The van der Waals surface area contributed by atoms with Crippen LogP contribution >= 0.6 is 11.5 Å². The standard InChI is InChI=1S/C18H18FN5O2S/c1-9-2-7-12(19)13(8-9)23-18(26)22-11-5-3-10(4-6-11)15-14(17(21)25)16(20)24-27-15/h2-3,5,7-8H,4,6H2,1H3,(H2,20,24)(H2,21,25)(H2,22,23,26). The number of aryl methyl sites for hydroxylation is 1. The number of nitrogens with zero attached hydrogens (tertiary/aromatic N) is 1. The van der Waals surface area contributed by atoms with Gasteiger partial charge in [-0.15, -0.1) is 0 Å². The normalized spacial score (nSPS) is 13.6. The lowest BCUT2D eigenvalue weighted by Gasteiger charge is -2.16. The van der Waals surface area contributed by atoms with E-state index in [0.717, 1.165) is 22.7 Å². The van der Waals surface area contributed by atoms with Crippen LogP contribution in [0, 0.1) is 12.7 Å². The van der Waals surface area contributed by atoms with E-state index in [1.54, 1.807) is 24.3 Å². The van der Waals surface area contributed by atoms with Gasteiger partial charge in [-0.25, -0.2) is 9.18 Å². The highest BCUT2D eigenvalue weighted by Gasteiger charge is 2.21. The van der Waals surface area contributed by atoms with Crippen LogP contribution in [0.1, 0.15) is 33.6 Å². The summed E-state index contributed by atoms with van der Waals surface area (Å²) >= 11 is 1.12. The zero-order valence-corrected chi connectivity index (χ0v) is 15.3. The Balaban J connectivity index is 1.71. The molecule has 0 saturated carbocycles. The molecular weight excluding hydrogens is 369 g/mol. The number of hydrogen-bond donors (Lipinski definition) is 4. The number of aromatic nitrogens is 1. The van der Waals surface area contributed by atoms with Crippen molar-refractivity contribution in [2.24, 2.45) is 5.73 Å². The first-order valence-corrected chi connectivity index (χ1v) is 8.91. The minimum absolute atomic E-state index is 0.117. The maximum Gasteiger partial charge on any atom is 0.323 e. The number of nitrogens with two attached hydrogens (primary N) is 2. The quantitative estimate of drug-likeness (QED) is 0.643. The van der Waals surface area contributed by atoms with Gasteiger partial charge < -0.3 is 22.1 Å². The first kappa shape index (κ1) is 18.6. The molecule has 0 bridgehead atoms. The number of urea groups is 1. The third kappa shape index (κ3) is 4.14. The molecule has 2 aromatic rings. The number of anilines is 2. The van der Waals surface area contributed by atoms with Crippen molar-refractivity contribution in [3.63, 3.8) is 0 Å². The third-order valence-corrected chi connectivity index (χ3v) is 4.99. The molecular formula is C18H18FN5O2S. The van der Waals surface area contributed by atoms with Crippen LogP contribution in [0.3, 0.4) is 0 Å². The lowest BCUT2D eigenvalue weighted by atomic mass is 9.99. The Hall–Kier alpha value is -3.20. The van der Waals surface area contributed by atoms with Crippen molar-refractivity contribution in [1.29, 1.82) is 0 Å². The predicted octanol–water partition coefficient (Wildman–Crippen LogP) is 3.15. The van der Waals surface area contributed by atoms with E-state index in [9.17, 15) is 14.0 Å². The minimum atomic E-state index is -0.621. The van der Waals surface area contributed by atoms with Crippen molar-refractivity contribution in [1.82, 2.24) is 9.69 Å². The number of hydrogen-bond acceptors (Lipinski definition) is 5. The zero-order chi connectivity index (χ0) is 19.6. The fraction of sp³-hybridized carbons (Fsp3) is 0.167. The summed E-state index contributed by atoms with van der Waals surface area (Å²) in [6.07, 6.45) is 4.62. The van der Waals surface area contributed by atoms with Gasteiger partial charge in [0.15, 0.2) is 5.82 Å². The number of carbonyl (C=O) groups excluding carboxylic acids is 2. The second kappa shape index (κ2) is 7.58. The second-order valence-electron chi connectivity index (χ2n) is 6.08. The van der Waals surface area contributed by atoms with Gasteiger partial charge in [0.2, 0.25) is 0 Å². The van der Waals surface area contributed by atoms with Crippen LogP contribution in [-0.4, -0.2) is 16.3 Å². The summed E-state index contributed by atoms with van der Waals surface area (Å²) in [4.78, 5) is 24.3. The molecule has 3 rings (SSSR count). The topological polar surface area (TPSA) is 123 Å². The van der Waals surface area contributed by atoms with Crippen molar-refractivity contribution in [2.75, 3.05) is 11.1 Å². The number of amides is 3. The van der Waals surface area contributed by atoms with Gasteiger partial charge in [-0.05, 0) is 60.6 Å². The fourth-order valence-corrected chi connectivity index (χ4v) is 3.59. The number of nitrogen functional groups attached to an aromatic ring is 1. The molecule has 0 fully saturated rings. The molecule has 27 heavy (non-hydrogen) atoms. The van der Waals surface area contributed by atoms with Crippen LogP contribution in [0.2, 0.25) is 0 Å². The number of halogens is 1. The SMILES string of the molecule is Cc1ccc(F)c(NC(=O)NC2=CC=C(c3snc(N)c3C(N)=O)CC2)c1. The molecule has 3 amide bonds. The Labute approximate surface area is 159 Å². The van der Waals surface area contributed by atoms with Gasteiger partial charge in [0.25, 0.3) is 5.91 Å². The molecule has 1 aromatic carbocycles. The maximum atomic E-state index is 13.7. The Morgan fingerprint density at radius 2 is 2.00 bits per heavy atom. The molecule has 1 aromatic heterocycles. The van der Waals surface area contributed by atoms with E-state index in [1.165, 1.54) is 6.07 Å². The smallest absolute Gasteiger partial charge is 0.323 e. The molecule has 6 N–H and O–H groups in total. The second-order valence-corrected chi connectivity index (χ2v) is 6.86. The number of rotatable bonds is 4. The summed E-state index contributed by atoms with van der Waals surface area (Å²) in [5.74, 6) is -1.00. The van der Waals surface area contributed by atoms with Crippen LogP contribution in [0.4, 0.5) is 20.7 Å². The average molecular weight is 387 g/mol. The Morgan fingerprint density at radius 1 is 1.22 bits per heavy atom. The van der Waals surface area contributed by atoms with E-state index >= 15 is 0 Å². The minimum Gasteiger partial charge on any atom is -0.382 e. The van der Waals surface area contributed by atoms with E-state index in [1.807, 2.05) is 6.92 Å². The van der Waals surface area contributed by atoms with Crippen molar-refractivity contribution < 1.29 is 14.0 Å². The number of allylic oxidation sites excluding steroid dienone is 4. The van der Waals surface area contributed by atoms with Gasteiger partial charge in [0.05, 0.1) is 10.6 Å². The Bertz CT molecular complexity index is 980. The van der Waals surface area contributed by atoms with Crippen LogP contribution in [-0.2, 0) is 0 Å². The predicted molar refractivity (Wildman–Crippen MR) is 104 cm³/mol. The molecule has 0 unspecified atom stereocenters. The summed E-state index contributed by atoms with van der Waals surface area (Å²) in [5, 5.41) is 5.20. The largest absolute Gasteiger partial charge is 0.382 e. The summed E-state index contributed by atoms with van der Waals surface area (Å²) in [7, 11) is 0. The lowest BCUT2D eigenvalue weighted by molar-refractivity contribution is 0.100. The molecule has 1 heterocycles. The molecule has 0 spiro atoms. The van der Waals surface area contributed by atoms with Crippen molar-refractivity contribution in [3.8, 4) is 0 Å². The highest BCUT2D eigenvalue weighted by molar-refractivity contribution is 7.07. The van der Waals surface area contributed by atoms with Crippen LogP contribution in [0.25, 0.3) is 5.57 Å². The number of carbonyl (C=O) groups is 2. The van der Waals surface area contributed by atoms with Crippen molar-refractivity contribution in [3.05, 3.63) is 57.9 Å². The fourth-order valence-electron chi connectivity index (χ4n) is 2.72. The number of primary amides is 1. The van der Waals surface area contributed by atoms with Gasteiger partial charge in [-0.1, -0.05) is 12.1 Å². The highest BCUT2D eigenvalue weighted by atomic mass is 32.1. The van der Waals surface area contributed by atoms with Crippen LogP contribution in [0.15, 0.2) is 36.0 Å². The highest BCUT2D eigenvalue weighted by Crippen LogP contribution is 2.33. The molecule has 1 aliphatic rings. The first-order valence-electron chi connectivity index (χ1n) is 8.14. The summed E-state index contributed by atoms with van der Waals surface area (Å²) in [5.41, 5.74) is 13.8. The van der Waals surface area contributed by atoms with E-state index in [0.29, 0.717) is 23.4 Å². The van der Waals surface area contributed by atoms with Gasteiger partial charge in [0, 0.05) is 5.70 Å². The van der Waals surface area contributed by atoms with Gasteiger partial charge >= 0.3 is 6.03 Å². The average Bonchev–Trinajstić information content (AvgIpc) is 3.00. The van der Waals surface area contributed by atoms with Crippen molar-refractivity contribution in [2.45, 2.75) is 19.8 Å². The van der Waals surface area contributed by atoms with Gasteiger partial charge in [-0.3, -0.25) is 4.79 Å². The van der Waals surface area contributed by atoms with E-state index in [2.05, 4.69) is 15.0 Å². The molecule has 140 valence electrons. The first-order chi connectivity index (χ1) is 12.8. The van der Waals surface area contributed by atoms with Crippen LogP contribution in [0.5, 0.6) is 0 Å². The Morgan fingerprint density at radius 3 is 2.67 bits per heavy atom. The molecule has 0 atom stereocenters. The summed E-state index contributed by atoms with van der Waals surface area (Å²) in [6.45, 7) is 1.81. The number of benzene rings is 1. The maximum absolute atomic E-state index is 13.7. The Kier molecular flexibility index (Phi) is 5.22. The third-order valence-electron chi connectivity index (χ3n) is 4.05. The number of nitrogens with one attached hydrogen (secondary N) is 2. The van der Waals surface area contributed by atoms with Gasteiger partial charge in [0.1, 0.15) is 11.4 Å². The van der Waals surface area contributed by atoms with Gasteiger partial charge in [-0.2, -0.15) is 4.37 Å². The molecule has 0 aliphatic heterocycles. The van der Waals surface area contributed by atoms with Crippen LogP contribution < -0.4 is 22.1 Å². The zero-order valence-electron chi connectivity index (χ0n) is 14.5. The monoisotopic (exact) mass is 387 g/mol. The summed E-state index contributed by atoms with van der Waals surface area (Å²) < 4.78 is 17.7. The van der Waals surface area contributed by atoms with E-state index < -0.39 is 17.8 Å². The molecule has 1 aliphatic carbocycles. The lowest BCUT2D eigenvalue weighted by Crippen LogP contribution is -2.29. The molecule has 0 radical (unpaired) electrons. The van der Waals surface area contributed by atoms with E-state index in [4.69, 9.17) is 11.5 Å². The molecule has 7 nitrogen and oxygen atoms in total. The molecule has 0 saturated heterocycles. The van der Waals surface area contributed by atoms with Crippen molar-refractivity contribution >= 4 is 40.5 Å². The van der Waals surface area contributed by atoms with E-state index in [-0.39, 0.29) is 17.1 Å². The summed E-state index contributed by atoms with van der Waals surface area (Å²) in [6, 6.07) is 3.96.